The van der Waals surface area contributed by atoms with Gasteiger partial charge in [-0.2, -0.15) is 0 Å². The first-order chi connectivity index (χ1) is 33.4. The second-order valence-electron chi connectivity index (χ2n) is 18.4. The second kappa shape index (κ2) is 17.3. The number of benzene rings is 7. The molecule has 0 aliphatic carbocycles. The van der Waals surface area contributed by atoms with Crippen molar-refractivity contribution < 1.29 is 37.1 Å². The third kappa shape index (κ3) is 8.52. The molecule has 4 nitrogen and oxygen atoms in total. The molecule has 0 saturated heterocycles. The Balaban J connectivity index is 0.00000693. The minimum absolute atomic E-state index is 0. The predicted octanol–water partition coefficient (Wildman–Crippen LogP) is 15.4. The van der Waals surface area contributed by atoms with Gasteiger partial charge in [-0.3, -0.25) is 9.55 Å². The number of imidazole rings is 1. The maximum Gasteiger partial charge on any atom is 0.148 e. The second-order valence-corrected chi connectivity index (χ2v) is 18.4. The van der Waals surface area contributed by atoms with E-state index >= 15 is 0 Å². The molecule has 322 valence electrons. The van der Waals surface area contributed by atoms with Gasteiger partial charge in [-0.25, -0.2) is 4.98 Å². The Morgan fingerprint density at radius 2 is 1.31 bits per heavy atom. The van der Waals surface area contributed by atoms with E-state index in [0.29, 0.717) is 67.2 Å². The minimum Gasteiger partial charge on any atom is -0.507 e. The Labute approximate surface area is 404 Å². The summed E-state index contributed by atoms with van der Waals surface area (Å²) in [5, 5.41) is 12.0. The Morgan fingerprint density at radius 1 is 0.609 bits per heavy atom. The van der Waals surface area contributed by atoms with Crippen LogP contribution in [0.25, 0.3) is 83.9 Å². The fraction of sp³-hybridized carbons (Fsp3) is 0.186. The summed E-state index contributed by atoms with van der Waals surface area (Å²) in [6.07, 6.45) is 1.57. The molecule has 2 aromatic heterocycles. The van der Waals surface area contributed by atoms with E-state index in [1.165, 1.54) is 0 Å². The molecule has 0 unspecified atom stereocenters. The fourth-order valence-corrected chi connectivity index (χ4v) is 8.30. The number of fused-ring (bicyclic) bond motifs is 1. The van der Waals surface area contributed by atoms with Crippen LogP contribution in [0.15, 0.2) is 158 Å². The third-order valence-electron chi connectivity index (χ3n) is 11.7. The van der Waals surface area contributed by atoms with E-state index in [1.807, 2.05) is 103 Å². The molecule has 0 radical (unpaired) electrons. The predicted molar refractivity (Wildman–Crippen MR) is 264 cm³/mol. The molecule has 1 N–H and O–H groups in total. The van der Waals surface area contributed by atoms with Crippen molar-refractivity contribution in [2.24, 2.45) is 0 Å². The van der Waals surface area contributed by atoms with Crippen LogP contribution in [0.1, 0.15) is 80.3 Å². The molecular formula is C59H54N3OPt-. The Bertz CT molecular complexity index is 3540. The molecule has 7 aromatic carbocycles. The first-order valence-electron chi connectivity index (χ1n) is 25.2. The minimum atomic E-state index is -2.53. The molecule has 0 aliphatic rings. The van der Waals surface area contributed by atoms with Crippen LogP contribution in [0.2, 0.25) is 0 Å². The molecule has 0 fully saturated rings. The molecule has 0 atom stereocenters. The molecule has 0 bridgehead atoms. The fourth-order valence-electron chi connectivity index (χ4n) is 8.30. The van der Waals surface area contributed by atoms with E-state index in [1.54, 1.807) is 24.4 Å². The van der Waals surface area contributed by atoms with Gasteiger partial charge in [0.05, 0.1) is 29.1 Å². The van der Waals surface area contributed by atoms with E-state index in [9.17, 15) is 5.11 Å². The average Bonchev–Trinajstić information content (AvgIpc) is 3.72. The van der Waals surface area contributed by atoms with Gasteiger partial charge in [-0.15, -0.1) is 29.3 Å². The van der Waals surface area contributed by atoms with E-state index in [-0.39, 0.29) is 60.9 Å². The number of phenols is 1. The zero-order valence-corrected chi connectivity index (χ0v) is 39.5. The van der Waals surface area contributed by atoms with Gasteiger partial charge in [-0.05, 0) is 112 Å². The normalized spacial score (nSPS) is 13.8. The SMILES string of the molecule is [2H]c1c([2H])c([2H])c(-c2ccnc(-c3[c-]c(-c4cccc5c4nc(-c4cc(C)cc(C)c4O)n5-c4cc(C([2H])([2H])[2H])c(-c5ccc(C(C)(C)C)cc5)cc4-c4ccccc4)cc(C(C)(C)C)c3)c2)c([2H])c1[2H].[Pt]. The maximum atomic E-state index is 12.0. The van der Waals surface area contributed by atoms with Gasteiger partial charge in [0, 0.05) is 42.6 Å². The van der Waals surface area contributed by atoms with Crippen LogP contribution in [-0.2, 0) is 31.9 Å². The molecule has 64 heavy (non-hydrogen) atoms. The van der Waals surface area contributed by atoms with Crippen LogP contribution in [-0.4, -0.2) is 19.6 Å². The molecule has 2 heterocycles. The number of hydrogen-bond acceptors (Lipinski definition) is 3. The largest absolute Gasteiger partial charge is 0.507 e. The number of aromatic hydroxyl groups is 1. The number of rotatable bonds is 7. The third-order valence-corrected chi connectivity index (χ3v) is 11.7. The standard InChI is InChI=1S/C59H54N3O.Pt/c1-37-29-39(3)56(63)51(30-37)57-61-55-48(44-32-45(34-47(33-44)59(7,8)9)52-35-43(27-28-60-52)40-17-12-10-13-18-40)21-16-22-53(55)62(57)54-31-38(2)49(36-50(54)41-19-14-11-15-20-41)42-23-25-46(26-24-42)58(4,5)6;/h10-31,33-36,63H,1-9H3;/q-1;/i2D3,10D,12D,13D,17D,18D;. The number of hydrogen-bond donors (Lipinski definition) is 1. The average molecular weight is 1020 g/mol. The van der Waals surface area contributed by atoms with Crippen molar-refractivity contribution in [1.82, 2.24) is 14.5 Å². The van der Waals surface area contributed by atoms with E-state index in [4.69, 9.17) is 20.9 Å². The van der Waals surface area contributed by atoms with Crippen molar-refractivity contribution in [3.63, 3.8) is 0 Å². The molecule has 9 rings (SSSR count). The van der Waals surface area contributed by atoms with Crippen LogP contribution in [0.3, 0.4) is 0 Å². The summed E-state index contributed by atoms with van der Waals surface area (Å²) >= 11 is 0. The van der Waals surface area contributed by atoms with Gasteiger partial charge in [-0.1, -0.05) is 162 Å². The van der Waals surface area contributed by atoms with Crippen molar-refractivity contribution in [2.75, 3.05) is 0 Å². The number of aryl methyl sites for hydroxylation is 3. The van der Waals surface area contributed by atoms with Gasteiger partial charge in [0.2, 0.25) is 0 Å². The number of pyridine rings is 1. The summed E-state index contributed by atoms with van der Waals surface area (Å²) in [6.45, 7) is 14.1. The van der Waals surface area contributed by atoms with Crippen LogP contribution >= 0.6 is 0 Å². The Kier molecular flexibility index (Phi) is 9.48. The van der Waals surface area contributed by atoms with Crippen molar-refractivity contribution in [1.29, 1.82) is 0 Å². The summed E-state index contributed by atoms with van der Waals surface area (Å²) in [4.78, 5) is 10.2. The van der Waals surface area contributed by atoms with E-state index in [2.05, 4.69) is 65.8 Å². The maximum absolute atomic E-state index is 12.0. The van der Waals surface area contributed by atoms with Gasteiger partial charge in [0.25, 0.3) is 0 Å². The van der Waals surface area contributed by atoms with Crippen molar-refractivity contribution in [2.45, 2.75) is 73.1 Å². The first kappa shape index (κ1) is 35.1. The number of aromatic nitrogens is 3. The zero-order chi connectivity index (χ0) is 51.1. The van der Waals surface area contributed by atoms with Crippen LogP contribution < -0.4 is 0 Å². The molecule has 0 saturated carbocycles. The van der Waals surface area contributed by atoms with E-state index in [0.717, 1.165) is 33.4 Å². The van der Waals surface area contributed by atoms with Crippen molar-refractivity contribution >= 4 is 11.0 Å². The molecule has 0 aliphatic heterocycles. The summed E-state index contributed by atoms with van der Waals surface area (Å²) in [7, 11) is 0. The molecule has 0 amide bonds. The van der Waals surface area contributed by atoms with Crippen molar-refractivity contribution in [3.8, 4) is 78.6 Å². The van der Waals surface area contributed by atoms with Crippen LogP contribution in [0.5, 0.6) is 5.75 Å². The number of para-hydroxylation sites is 1. The molecule has 0 spiro atoms. The number of phenolic OH excluding ortho intramolecular Hbond substituents is 1. The molecular weight excluding hydrogens is 962 g/mol. The summed E-state index contributed by atoms with van der Waals surface area (Å²) in [6, 6.07) is 40.6. The summed E-state index contributed by atoms with van der Waals surface area (Å²) in [5.74, 6) is 0.461. The summed E-state index contributed by atoms with van der Waals surface area (Å²) < 4.78 is 71.2. The van der Waals surface area contributed by atoms with Gasteiger partial charge >= 0.3 is 0 Å². The molecule has 9 aromatic rings. The van der Waals surface area contributed by atoms with Gasteiger partial charge in [0.15, 0.2) is 0 Å². The topological polar surface area (TPSA) is 50.9 Å². The summed E-state index contributed by atoms with van der Waals surface area (Å²) in [5.41, 5.74) is 11.6. The number of nitrogens with zero attached hydrogens (tertiary/aromatic N) is 3. The Morgan fingerprint density at radius 3 is 2.02 bits per heavy atom. The van der Waals surface area contributed by atoms with E-state index < -0.39 is 25.0 Å². The van der Waals surface area contributed by atoms with Crippen molar-refractivity contribution in [3.05, 3.63) is 192 Å². The first-order valence-corrected chi connectivity index (χ1v) is 21.2. The molecule has 5 heteroatoms. The Hall–Kier alpha value is -6.35. The van der Waals surface area contributed by atoms with Crippen LogP contribution in [0.4, 0.5) is 0 Å². The quantitative estimate of drug-likeness (QED) is 0.162. The monoisotopic (exact) mass is 1020 g/mol. The smallest absolute Gasteiger partial charge is 0.148 e. The van der Waals surface area contributed by atoms with Gasteiger partial charge in [0.1, 0.15) is 11.6 Å². The van der Waals surface area contributed by atoms with Crippen LogP contribution in [0, 0.1) is 26.8 Å². The van der Waals surface area contributed by atoms with Gasteiger partial charge < -0.3 is 5.11 Å². The zero-order valence-electron chi connectivity index (χ0n) is 45.2.